The number of nitrogens with zero attached hydrogens (tertiary/aromatic N) is 1. The van der Waals surface area contributed by atoms with Crippen LogP contribution in [0.1, 0.15) is 0 Å². The zero-order chi connectivity index (χ0) is 9.40. The molecule has 0 aliphatic heterocycles. The first-order valence-electron chi connectivity index (χ1n) is 3.00. The van der Waals surface area contributed by atoms with Crippen LogP contribution in [0.15, 0.2) is 18.3 Å². The first-order chi connectivity index (χ1) is 5.74. The van der Waals surface area contributed by atoms with Crippen molar-refractivity contribution in [3.05, 3.63) is 24.1 Å². The molecule has 2 N–H and O–H groups in total. The molecule has 0 aliphatic carbocycles. The fourth-order valence-electron chi connectivity index (χ4n) is 0.483. The highest BCUT2D eigenvalue weighted by molar-refractivity contribution is 6.13. The highest BCUT2D eigenvalue weighted by Gasteiger charge is 1.90. The van der Waals surface area contributed by atoms with Gasteiger partial charge in [0, 0.05) is 6.07 Å². The number of aromatic nitrogens is 1. The average molecular weight is 172 g/mol. The van der Waals surface area contributed by atoms with E-state index in [1.54, 1.807) is 0 Å². The molecule has 12 heavy (non-hydrogen) atoms. The van der Waals surface area contributed by atoms with Gasteiger partial charge in [0.15, 0.2) is 0 Å². The number of hydrogen-bond donors (Lipinski definition) is 2. The molecule has 0 fully saturated rings. The van der Waals surface area contributed by atoms with E-state index in [9.17, 15) is 4.39 Å². The van der Waals surface area contributed by atoms with E-state index in [1.807, 2.05) is 0 Å². The Hall–Kier alpha value is -1.14. The van der Waals surface area contributed by atoms with E-state index in [-0.39, 0.29) is 13.5 Å². The molecule has 0 bridgehead atoms. The highest BCUT2D eigenvalue weighted by atomic mass is 19.1. The van der Waals surface area contributed by atoms with Gasteiger partial charge in [-0.05, 0) is 6.07 Å². The molecule has 0 saturated carbocycles. The molecule has 1 radical (unpaired) electrons. The highest BCUT2D eigenvalue weighted by Crippen LogP contribution is 2.03. The van der Waals surface area contributed by atoms with Crippen molar-refractivity contribution in [2.45, 2.75) is 0 Å². The van der Waals surface area contributed by atoms with Crippen molar-refractivity contribution in [3.63, 3.8) is 0 Å². The minimum absolute atomic E-state index is 0. The number of pyridine rings is 1. The molecule has 1 aromatic heterocycles. The second-order valence-electron chi connectivity index (χ2n) is 1.63. The monoisotopic (exact) mass is 172 g/mol. The van der Waals surface area contributed by atoms with Gasteiger partial charge in [-0.2, -0.15) is 0 Å². The van der Waals surface area contributed by atoms with Crippen LogP contribution in [0.2, 0.25) is 0 Å². The van der Waals surface area contributed by atoms with Gasteiger partial charge in [-0.25, -0.2) is 9.37 Å². The summed E-state index contributed by atoms with van der Waals surface area (Å²) in [5.41, 5.74) is 0. The van der Waals surface area contributed by atoms with E-state index in [0.29, 0.717) is 5.88 Å². The van der Waals surface area contributed by atoms with Gasteiger partial charge in [0.25, 0.3) is 0 Å². The molecule has 0 spiro atoms. The van der Waals surface area contributed by atoms with E-state index in [2.05, 4.69) is 4.98 Å². The SMILES string of the molecule is COc1ccc(F)cn1.O[B]O. The Morgan fingerprint density at radius 3 is 2.42 bits per heavy atom. The molecule has 0 atom stereocenters. The zero-order valence-corrected chi connectivity index (χ0v) is 6.44. The van der Waals surface area contributed by atoms with Gasteiger partial charge in [-0.15, -0.1) is 0 Å². The van der Waals surface area contributed by atoms with Crippen molar-refractivity contribution in [3.8, 4) is 5.88 Å². The third-order valence-electron chi connectivity index (χ3n) is 0.909. The van der Waals surface area contributed by atoms with Crippen LogP contribution in [0.25, 0.3) is 0 Å². The maximum atomic E-state index is 12.1. The minimum atomic E-state index is -0.351. The van der Waals surface area contributed by atoms with Crippen LogP contribution >= 0.6 is 0 Å². The molecule has 1 aromatic rings. The third kappa shape index (κ3) is 4.65. The smallest absolute Gasteiger partial charge is 0.481 e. The molecule has 0 aromatic carbocycles. The molecule has 0 amide bonds. The van der Waals surface area contributed by atoms with Crippen LogP contribution in [0, 0.1) is 5.82 Å². The standard InChI is InChI=1S/C6H6FNO.BH2O2/c1-9-6-3-2-5(7)4-8-6;2-1-3/h2-4H,1H3;2-3H. The molecule has 1 heterocycles. The fourth-order valence-corrected chi connectivity index (χ4v) is 0.483. The molecule has 1 rings (SSSR count). The zero-order valence-electron chi connectivity index (χ0n) is 6.44. The lowest BCUT2D eigenvalue weighted by Crippen LogP contribution is -1.86. The number of rotatable bonds is 1. The first-order valence-corrected chi connectivity index (χ1v) is 3.00. The normalized spacial score (nSPS) is 8.00. The van der Waals surface area contributed by atoms with Crippen LogP contribution in [0.5, 0.6) is 5.88 Å². The third-order valence-corrected chi connectivity index (χ3v) is 0.909. The van der Waals surface area contributed by atoms with E-state index >= 15 is 0 Å². The second-order valence-corrected chi connectivity index (χ2v) is 1.63. The van der Waals surface area contributed by atoms with Crippen LogP contribution in [0.3, 0.4) is 0 Å². The summed E-state index contributed by atoms with van der Waals surface area (Å²) in [6.07, 6.45) is 1.11. The summed E-state index contributed by atoms with van der Waals surface area (Å²) in [6, 6.07) is 2.77. The Bertz CT molecular complexity index is 206. The molecule has 0 saturated heterocycles. The van der Waals surface area contributed by atoms with Crippen LogP contribution in [-0.4, -0.2) is 29.8 Å². The van der Waals surface area contributed by atoms with Crippen molar-refractivity contribution < 1.29 is 19.2 Å². The number of methoxy groups -OCH3 is 1. The number of hydrogen-bond acceptors (Lipinski definition) is 4. The Labute approximate surface area is 69.9 Å². The molecule has 65 valence electrons. The van der Waals surface area contributed by atoms with Gasteiger partial charge < -0.3 is 14.8 Å². The lowest BCUT2D eigenvalue weighted by molar-refractivity contribution is 0.396. The van der Waals surface area contributed by atoms with Gasteiger partial charge in [-0.1, -0.05) is 0 Å². The lowest BCUT2D eigenvalue weighted by Gasteiger charge is -1.94. The Morgan fingerprint density at radius 1 is 1.50 bits per heavy atom. The Morgan fingerprint density at radius 2 is 2.08 bits per heavy atom. The van der Waals surface area contributed by atoms with Crippen molar-refractivity contribution in [1.29, 1.82) is 0 Å². The first kappa shape index (κ1) is 10.9. The summed E-state index contributed by atoms with van der Waals surface area (Å²) < 4.78 is 16.8. The molecule has 6 heteroatoms. The fraction of sp³-hybridized carbons (Fsp3) is 0.167. The maximum absolute atomic E-state index is 12.1. The van der Waals surface area contributed by atoms with E-state index < -0.39 is 0 Å². The quantitative estimate of drug-likeness (QED) is 0.572. The molecule has 0 aliphatic rings. The van der Waals surface area contributed by atoms with E-state index in [4.69, 9.17) is 14.8 Å². The summed E-state index contributed by atoms with van der Waals surface area (Å²) in [6.45, 7) is 0. The predicted octanol–water partition coefficient (Wildman–Crippen LogP) is -0.266. The van der Waals surface area contributed by atoms with Gasteiger partial charge in [0.05, 0.1) is 13.3 Å². The number of ether oxygens (including phenoxy) is 1. The topological polar surface area (TPSA) is 62.6 Å². The maximum Gasteiger partial charge on any atom is 0.482 e. The summed E-state index contributed by atoms with van der Waals surface area (Å²) in [7, 11) is 1.49. The minimum Gasteiger partial charge on any atom is -0.481 e. The van der Waals surface area contributed by atoms with Crippen LogP contribution < -0.4 is 4.74 Å². The van der Waals surface area contributed by atoms with Crippen LogP contribution in [-0.2, 0) is 0 Å². The van der Waals surface area contributed by atoms with Crippen molar-refractivity contribution in [1.82, 2.24) is 4.98 Å². The number of halogens is 1. The molecular formula is C6H8BFNO3. The van der Waals surface area contributed by atoms with Crippen molar-refractivity contribution >= 4 is 7.69 Å². The Balaban J connectivity index is 0.000000354. The van der Waals surface area contributed by atoms with Crippen molar-refractivity contribution in [2.24, 2.45) is 0 Å². The molecule has 0 unspecified atom stereocenters. The average Bonchev–Trinajstić information content (AvgIpc) is 2.07. The van der Waals surface area contributed by atoms with Gasteiger partial charge in [-0.3, -0.25) is 0 Å². The van der Waals surface area contributed by atoms with E-state index in [0.717, 1.165) is 6.20 Å². The van der Waals surface area contributed by atoms with E-state index in [1.165, 1.54) is 19.2 Å². The van der Waals surface area contributed by atoms with Gasteiger partial charge >= 0.3 is 7.69 Å². The van der Waals surface area contributed by atoms with Crippen LogP contribution in [0.4, 0.5) is 4.39 Å². The second kappa shape index (κ2) is 6.57. The summed E-state index contributed by atoms with van der Waals surface area (Å²) in [4.78, 5) is 3.60. The summed E-state index contributed by atoms with van der Waals surface area (Å²) in [5.74, 6) is 0.0761. The lowest BCUT2D eigenvalue weighted by atomic mass is 10.5. The summed E-state index contributed by atoms with van der Waals surface area (Å²) >= 11 is 0. The predicted molar refractivity (Wildman–Crippen MR) is 40.9 cm³/mol. The molecule has 4 nitrogen and oxygen atoms in total. The molecular weight excluding hydrogens is 164 g/mol. The van der Waals surface area contributed by atoms with Crippen molar-refractivity contribution in [2.75, 3.05) is 7.11 Å². The summed E-state index contributed by atoms with van der Waals surface area (Å²) in [5, 5.41) is 14.0. The Kier molecular flexibility index (Phi) is 5.95. The largest absolute Gasteiger partial charge is 0.482 e. The van der Waals surface area contributed by atoms with Gasteiger partial charge in [0.1, 0.15) is 5.82 Å². The van der Waals surface area contributed by atoms with Gasteiger partial charge in [0.2, 0.25) is 5.88 Å².